The topological polar surface area (TPSA) is 64.1 Å². The van der Waals surface area contributed by atoms with E-state index in [1.807, 2.05) is 19.1 Å². The summed E-state index contributed by atoms with van der Waals surface area (Å²) in [5.41, 5.74) is 1.55. The van der Waals surface area contributed by atoms with E-state index in [0.717, 1.165) is 23.6 Å². The van der Waals surface area contributed by atoms with E-state index in [-0.39, 0.29) is 11.8 Å². The Morgan fingerprint density at radius 1 is 1.41 bits per heavy atom. The van der Waals surface area contributed by atoms with Gasteiger partial charge in [-0.25, -0.2) is 9.97 Å². The molecule has 6 heteroatoms. The van der Waals surface area contributed by atoms with Gasteiger partial charge in [0, 0.05) is 11.4 Å². The lowest BCUT2D eigenvalue weighted by Crippen LogP contribution is -2.32. The average Bonchev–Trinajstić information content (AvgIpc) is 2.54. The Morgan fingerprint density at radius 2 is 2.18 bits per heavy atom. The molecule has 0 saturated heterocycles. The number of aromatic nitrogens is 2. The minimum Gasteiger partial charge on any atom is -0.492 e. The van der Waals surface area contributed by atoms with Gasteiger partial charge in [0.15, 0.2) is 0 Å². The summed E-state index contributed by atoms with van der Waals surface area (Å²) in [5, 5.41) is 3.48. The highest BCUT2D eigenvalue weighted by molar-refractivity contribution is 6.30. The second-order valence-electron chi connectivity index (χ2n) is 5.19. The van der Waals surface area contributed by atoms with Crippen molar-refractivity contribution < 1.29 is 9.53 Å². The van der Waals surface area contributed by atoms with Gasteiger partial charge < -0.3 is 10.1 Å². The minimum atomic E-state index is -0.253. The summed E-state index contributed by atoms with van der Waals surface area (Å²) in [7, 11) is 0. The van der Waals surface area contributed by atoms with Crippen LogP contribution in [-0.4, -0.2) is 22.5 Å². The molecule has 2 heterocycles. The van der Waals surface area contributed by atoms with Gasteiger partial charge in [0.05, 0.1) is 24.0 Å². The first-order valence-corrected chi connectivity index (χ1v) is 7.56. The summed E-state index contributed by atoms with van der Waals surface area (Å²) in [6, 6.07) is 5.46. The van der Waals surface area contributed by atoms with Crippen molar-refractivity contribution in [2.75, 3.05) is 11.9 Å². The standard InChI is InChI=1S/C16H16ClN3O2/c1-2-15-18-7-13(8-19-15)20-16(21)11-5-10-6-12(17)3-4-14(10)22-9-11/h3-4,6-8,11H,2,5,9H2,1H3,(H,20,21). The summed E-state index contributed by atoms with van der Waals surface area (Å²) >= 11 is 5.99. The highest BCUT2D eigenvalue weighted by atomic mass is 35.5. The molecule has 1 aromatic carbocycles. The van der Waals surface area contributed by atoms with Crippen molar-refractivity contribution in [1.29, 1.82) is 0 Å². The van der Waals surface area contributed by atoms with Crippen LogP contribution >= 0.6 is 11.6 Å². The molecule has 1 amide bonds. The lowest BCUT2D eigenvalue weighted by molar-refractivity contribution is -0.121. The summed E-state index contributed by atoms with van der Waals surface area (Å²) in [6.45, 7) is 2.34. The maximum absolute atomic E-state index is 12.3. The fraction of sp³-hybridized carbons (Fsp3) is 0.312. The Kier molecular flexibility index (Phi) is 4.24. The number of halogens is 1. The van der Waals surface area contributed by atoms with Crippen molar-refractivity contribution in [3.8, 4) is 5.75 Å². The molecule has 0 radical (unpaired) electrons. The van der Waals surface area contributed by atoms with Gasteiger partial charge in [-0.05, 0) is 30.2 Å². The van der Waals surface area contributed by atoms with Crippen LogP contribution in [0.25, 0.3) is 0 Å². The first kappa shape index (κ1) is 14.8. The normalized spacial score (nSPS) is 16.5. The van der Waals surface area contributed by atoms with Gasteiger partial charge in [0.2, 0.25) is 5.91 Å². The third-order valence-corrected chi connectivity index (χ3v) is 3.82. The number of ether oxygens (including phenoxy) is 1. The zero-order valence-electron chi connectivity index (χ0n) is 12.2. The van der Waals surface area contributed by atoms with E-state index in [0.29, 0.717) is 23.7 Å². The van der Waals surface area contributed by atoms with E-state index in [4.69, 9.17) is 16.3 Å². The van der Waals surface area contributed by atoms with Crippen LogP contribution in [0.1, 0.15) is 18.3 Å². The molecule has 5 nitrogen and oxygen atoms in total. The van der Waals surface area contributed by atoms with Crippen LogP contribution in [0, 0.1) is 5.92 Å². The monoisotopic (exact) mass is 317 g/mol. The molecule has 0 bridgehead atoms. The number of benzene rings is 1. The number of hydrogen-bond donors (Lipinski definition) is 1. The molecule has 2 aromatic rings. The molecule has 114 valence electrons. The fourth-order valence-electron chi connectivity index (χ4n) is 2.38. The molecular formula is C16H16ClN3O2. The summed E-state index contributed by atoms with van der Waals surface area (Å²) in [4.78, 5) is 20.7. The van der Waals surface area contributed by atoms with E-state index >= 15 is 0 Å². The maximum Gasteiger partial charge on any atom is 0.231 e. The van der Waals surface area contributed by atoms with E-state index in [2.05, 4.69) is 15.3 Å². The molecule has 1 aromatic heterocycles. The van der Waals surface area contributed by atoms with Gasteiger partial charge in [-0.2, -0.15) is 0 Å². The number of hydrogen-bond acceptors (Lipinski definition) is 4. The van der Waals surface area contributed by atoms with Crippen LogP contribution in [0.3, 0.4) is 0 Å². The number of rotatable bonds is 3. The lowest BCUT2D eigenvalue weighted by atomic mass is 9.96. The molecule has 0 aliphatic carbocycles. The smallest absolute Gasteiger partial charge is 0.231 e. The highest BCUT2D eigenvalue weighted by Crippen LogP contribution is 2.30. The van der Waals surface area contributed by atoms with Gasteiger partial charge in [-0.15, -0.1) is 0 Å². The van der Waals surface area contributed by atoms with Crippen LogP contribution in [0.4, 0.5) is 5.69 Å². The molecule has 1 unspecified atom stereocenters. The quantitative estimate of drug-likeness (QED) is 0.945. The second-order valence-corrected chi connectivity index (χ2v) is 5.63. The number of carbonyl (C=O) groups excluding carboxylic acids is 1. The van der Waals surface area contributed by atoms with Crippen LogP contribution < -0.4 is 10.1 Å². The van der Waals surface area contributed by atoms with Crippen LogP contribution in [-0.2, 0) is 17.6 Å². The zero-order valence-corrected chi connectivity index (χ0v) is 12.9. The van der Waals surface area contributed by atoms with Gasteiger partial charge in [-0.3, -0.25) is 4.79 Å². The predicted molar refractivity (Wildman–Crippen MR) is 84.2 cm³/mol. The van der Waals surface area contributed by atoms with Crippen molar-refractivity contribution >= 4 is 23.2 Å². The van der Waals surface area contributed by atoms with Crippen molar-refractivity contribution in [2.24, 2.45) is 5.92 Å². The summed E-state index contributed by atoms with van der Waals surface area (Å²) in [6.07, 6.45) is 4.62. The second kappa shape index (κ2) is 6.32. The number of carbonyl (C=O) groups is 1. The molecule has 22 heavy (non-hydrogen) atoms. The van der Waals surface area contributed by atoms with Crippen LogP contribution in [0.2, 0.25) is 5.02 Å². The molecule has 0 fully saturated rings. The van der Waals surface area contributed by atoms with Gasteiger partial charge in [0.25, 0.3) is 0 Å². The van der Waals surface area contributed by atoms with Crippen molar-refractivity contribution in [1.82, 2.24) is 9.97 Å². The van der Waals surface area contributed by atoms with Crippen LogP contribution in [0.5, 0.6) is 5.75 Å². The average molecular weight is 318 g/mol. The molecule has 1 aliphatic rings. The fourth-order valence-corrected chi connectivity index (χ4v) is 2.57. The zero-order chi connectivity index (χ0) is 15.5. The predicted octanol–water partition coefficient (Wildman–Crippen LogP) is 2.88. The van der Waals surface area contributed by atoms with E-state index < -0.39 is 0 Å². The van der Waals surface area contributed by atoms with Gasteiger partial charge >= 0.3 is 0 Å². The molecular weight excluding hydrogens is 302 g/mol. The Morgan fingerprint density at radius 3 is 2.91 bits per heavy atom. The Bertz CT molecular complexity index is 688. The van der Waals surface area contributed by atoms with Crippen LogP contribution in [0.15, 0.2) is 30.6 Å². The largest absolute Gasteiger partial charge is 0.492 e. The van der Waals surface area contributed by atoms with Gasteiger partial charge in [-0.1, -0.05) is 18.5 Å². The maximum atomic E-state index is 12.3. The van der Waals surface area contributed by atoms with E-state index in [1.165, 1.54) is 0 Å². The number of amides is 1. The molecule has 1 aliphatic heterocycles. The number of nitrogens with one attached hydrogen (secondary N) is 1. The number of nitrogens with zero attached hydrogens (tertiary/aromatic N) is 2. The minimum absolute atomic E-state index is 0.0986. The summed E-state index contributed by atoms with van der Waals surface area (Å²) < 4.78 is 5.64. The Balaban J connectivity index is 1.68. The summed E-state index contributed by atoms with van der Waals surface area (Å²) in [5.74, 6) is 1.20. The molecule has 0 saturated carbocycles. The Labute approximate surface area is 133 Å². The number of fused-ring (bicyclic) bond motifs is 1. The lowest BCUT2D eigenvalue weighted by Gasteiger charge is -2.24. The molecule has 1 atom stereocenters. The number of anilines is 1. The highest BCUT2D eigenvalue weighted by Gasteiger charge is 2.26. The third-order valence-electron chi connectivity index (χ3n) is 3.59. The van der Waals surface area contributed by atoms with Gasteiger partial charge in [0.1, 0.15) is 18.2 Å². The Hall–Kier alpha value is -2.14. The third kappa shape index (κ3) is 3.20. The molecule has 3 rings (SSSR count). The van der Waals surface area contributed by atoms with E-state index in [9.17, 15) is 4.79 Å². The van der Waals surface area contributed by atoms with E-state index in [1.54, 1.807) is 18.5 Å². The molecule has 0 spiro atoms. The van der Waals surface area contributed by atoms with Crippen molar-refractivity contribution in [3.05, 3.63) is 47.0 Å². The number of aryl methyl sites for hydroxylation is 1. The SMILES string of the molecule is CCc1ncc(NC(=O)C2COc3ccc(Cl)cc3C2)cn1. The first-order valence-electron chi connectivity index (χ1n) is 7.18. The molecule has 1 N–H and O–H groups in total. The van der Waals surface area contributed by atoms with Crippen molar-refractivity contribution in [2.45, 2.75) is 19.8 Å². The van der Waals surface area contributed by atoms with Crippen molar-refractivity contribution in [3.63, 3.8) is 0 Å². The first-order chi connectivity index (χ1) is 10.7.